The maximum Gasteiger partial charge on any atom is 0.330 e. The molecule has 0 amide bonds. The third-order valence-corrected chi connectivity index (χ3v) is 3.67. The van der Waals surface area contributed by atoms with E-state index in [1.807, 2.05) is 37.3 Å². The normalized spacial score (nSPS) is 11.8. The van der Waals surface area contributed by atoms with E-state index in [9.17, 15) is 9.59 Å². The molecule has 6 heteroatoms. The second kappa shape index (κ2) is 10.1. The molecule has 0 aliphatic carbocycles. The summed E-state index contributed by atoms with van der Waals surface area (Å²) >= 11 is 0. The van der Waals surface area contributed by atoms with Crippen molar-refractivity contribution in [3.63, 3.8) is 0 Å². The Hall–Kier alpha value is -3.15. The number of esters is 2. The van der Waals surface area contributed by atoms with Crippen LogP contribution in [0.3, 0.4) is 0 Å². The van der Waals surface area contributed by atoms with Gasteiger partial charge in [0.05, 0.1) is 13.7 Å². The molecule has 0 bridgehead atoms. The Morgan fingerprint density at radius 3 is 2.48 bits per heavy atom. The van der Waals surface area contributed by atoms with Gasteiger partial charge in [0.15, 0.2) is 17.5 Å². The lowest BCUT2D eigenvalue weighted by atomic mass is 10.1. The molecule has 0 aromatic heterocycles. The third kappa shape index (κ3) is 6.26. The fourth-order valence-corrected chi connectivity index (χ4v) is 2.46. The molecule has 0 aliphatic heterocycles. The van der Waals surface area contributed by atoms with Crippen molar-refractivity contribution in [1.82, 2.24) is 0 Å². The average Bonchev–Trinajstić information content (AvgIpc) is 2.67. The number of carbonyl (C=O) groups is 2. The highest BCUT2D eigenvalue weighted by molar-refractivity contribution is 5.85. The molecule has 0 saturated heterocycles. The van der Waals surface area contributed by atoms with Gasteiger partial charge in [0.1, 0.15) is 0 Å². The lowest BCUT2D eigenvalue weighted by molar-refractivity contribution is -0.142. The topological polar surface area (TPSA) is 74.2 Å². The summed E-state index contributed by atoms with van der Waals surface area (Å²) in [7, 11) is 1.34. The van der Waals surface area contributed by atoms with E-state index in [-0.39, 0.29) is 0 Å². The number of carbonyl (C=O) groups excluding carboxylic acids is 2. The summed E-state index contributed by atoms with van der Waals surface area (Å²) < 4.78 is 15.5. The quantitative estimate of drug-likeness (QED) is 0.406. The van der Waals surface area contributed by atoms with Crippen molar-refractivity contribution in [2.45, 2.75) is 26.3 Å². The summed E-state index contributed by atoms with van der Waals surface area (Å²) in [5.41, 5.74) is 1.71. The first-order chi connectivity index (χ1) is 13.0. The fourth-order valence-electron chi connectivity index (χ4n) is 2.46. The number of benzene rings is 2. The van der Waals surface area contributed by atoms with E-state index in [4.69, 9.17) is 14.2 Å². The Morgan fingerprint density at radius 2 is 1.85 bits per heavy atom. The molecule has 2 rings (SSSR count). The fraction of sp³-hybridized carbons (Fsp3) is 0.286. The van der Waals surface area contributed by atoms with Gasteiger partial charge in [0.25, 0.3) is 0 Å². The van der Waals surface area contributed by atoms with E-state index in [0.717, 1.165) is 11.1 Å². The highest BCUT2D eigenvalue weighted by Gasteiger charge is 2.18. The second-order valence-electron chi connectivity index (χ2n) is 5.74. The molecular weight excluding hydrogens is 346 g/mol. The van der Waals surface area contributed by atoms with Gasteiger partial charge >= 0.3 is 11.9 Å². The van der Waals surface area contributed by atoms with Gasteiger partial charge in [0.2, 0.25) is 0 Å². The van der Waals surface area contributed by atoms with Crippen LogP contribution in [0.25, 0.3) is 0 Å². The number of methoxy groups -OCH3 is 1. The van der Waals surface area contributed by atoms with Crippen LogP contribution in [-0.2, 0) is 20.7 Å². The number of hydrogen-bond donors (Lipinski definition) is 0. The molecule has 0 saturated carbocycles. The van der Waals surface area contributed by atoms with Crippen LogP contribution in [-0.4, -0.2) is 37.9 Å². The Labute approximate surface area is 158 Å². The van der Waals surface area contributed by atoms with Gasteiger partial charge in [-0.2, -0.15) is 0 Å². The minimum Gasteiger partial charge on any atom is -0.490 e. The molecule has 142 valence electrons. The molecule has 6 nitrogen and oxygen atoms in total. The zero-order valence-corrected chi connectivity index (χ0v) is 15.7. The number of ether oxygens (including phenoxy) is 3. The Kier molecular flexibility index (Phi) is 7.55. The molecule has 0 fully saturated rings. The number of rotatable bonds is 8. The van der Waals surface area contributed by atoms with Crippen molar-refractivity contribution in [2.75, 3.05) is 13.7 Å². The average molecular weight is 369 g/mol. The minimum atomic E-state index is -0.652. The van der Waals surface area contributed by atoms with Crippen LogP contribution in [0.15, 0.2) is 53.5 Å². The van der Waals surface area contributed by atoms with Gasteiger partial charge in [-0.25, -0.2) is 4.79 Å². The highest BCUT2D eigenvalue weighted by Crippen LogP contribution is 2.28. The zero-order valence-electron chi connectivity index (χ0n) is 15.7. The molecule has 0 N–H and O–H groups in total. The van der Waals surface area contributed by atoms with E-state index in [2.05, 4.69) is 4.99 Å². The van der Waals surface area contributed by atoms with Crippen LogP contribution in [0.4, 0.5) is 0 Å². The minimum absolute atomic E-state index is 0.343. The van der Waals surface area contributed by atoms with Crippen molar-refractivity contribution >= 4 is 18.2 Å². The van der Waals surface area contributed by atoms with Crippen molar-refractivity contribution in [2.24, 2.45) is 4.99 Å². The molecule has 0 heterocycles. The summed E-state index contributed by atoms with van der Waals surface area (Å²) in [5, 5.41) is 0. The van der Waals surface area contributed by atoms with Crippen molar-refractivity contribution in [1.29, 1.82) is 0 Å². The summed E-state index contributed by atoms with van der Waals surface area (Å²) in [4.78, 5) is 27.6. The number of nitrogens with zero attached hydrogens (tertiary/aromatic N) is 1. The van der Waals surface area contributed by atoms with E-state index >= 15 is 0 Å². The Bertz CT molecular complexity index is 801. The SMILES string of the molecule is CCOc1cc(C=N[C@@H](Cc2ccccc2)C(=O)OC)ccc1OC(C)=O. The summed E-state index contributed by atoms with van der Waals surface area (Å²) in [6, 6.07) is 14.0. The van der Waals surface area contributed by atoms with Gasteiger partial charge in [0, 0.05) is 19.6 Å². The van der Waals surface area contributed by atoms with Gasteiger partial charge in [-0.05, 0) is 36.2 Å². The molecule has 0 radical (unpaired) electrons. The van der Waals surface area contributed by atoms with Crippen LogP contribution in [0.1, 0.15) is 25.0 Å². The van der Waals surface area contributed by atoms with Crippen LogP contribution < -0.4 is 9.47 Å². The zero-order chi connectivity index (χ0) is 19.6. The van der Waals surface area contributed by atoms with Gasteiger partial charge in [-0.1, -0.05) is 30.3 Å². The van der Waals surface area contributed by atoms with Crippen molar-refractivity contribution < 1.29 is 23.8 Å². The first-order valence-corrected chi connectivity index (χ1v) is 8.63. The number of hydrogen-bond acceptors (Lipinski definition) is 6. The highest BCUT2D eigenvalue weighted by atomic mass is 16.6. The molecule has 0 aliphatic rings. The smallest absolute Gasteiger partial charge is 0.330 e. The van der Waals surface area contributed by atoms with Crippen LogP contribution in [0, 0.1) is 0 Å². The largest absolute Gasteiger partial charge is 0.490 e. The standard InChI is InChI=1S/C21H23NO5/c1-4-26-20-13-17(10-11-19(20)27-15(2)23)14-22-18(21(24)25-3)12-16-8-6-5-7-9-16/h5-11,13-14,18H,4,12H2,1-3H3/t18-/m0/s1. The third-order valence-electron chi connectivity index (χ3n) is 3.67. The van der Waals surface area contributed by atoms with E-state index < -0.39 is 18.0 Å². The molecule has 0 spiro atoms. The maximum absolute atomic E-state index is 12.1. The summed E-state index contributed by atoms with van der Waals surface area (Å²) in [6.07, 6.45) is 2.03. The molecule has 0 unspecified atom stereocenters. The molecule has 2 aromatic carbocycles. The second-order valence-corrected chi connectivity index (χ2v) is 5.74. The molecule has 27 heavy (non-hydrogen) atoms. The summed E-state index contributed by atoms with van der Waals surface area (Å²) in [6.45, 7) is 3.59. The lowest BCUT2D eigenvalue weighted by Gasteiger charge is -2.12. The van der Waals surface area contributed by atoms with Crippen molar-refractivity contribution in [3.05, 3.63) is 59.7 Å². The van der Waals surface area contributed by atoms with Gasteiger partial charge in [-0.15, -0.1) is 0 Å². The molecule has 1 atom stereocenters. The van der Waals surface area contributed by atoms with E-state index in [1.165, 1.54) is 14.0 Å². The van der Waals surface area contributed by atoms with Gasteiger partial charge in [-0.3, -0.25) is 9.79 Å². The monoisotopic (exact) mass is 369 g/mol. The number of aliphatic imine (C=N–C) groups is 1. The van der Waals surface area contributed by atoms with Crippen LogP contribution in [0.5, 0.6) is 11.5 Å². The lowest BCUT2D eigenvalue weighted by Crippen LogP contribution is -2.23. The van der Waals surface area contributed by atoms with Crippen molar-refractivity contribution in [3.8, 4) is 11.5 Å². The first kappa shape index (κ1) is 20.2. The predicted octanol–water partition coefficient (Wildman–Crippen LogP) is 3.21. The Balaban J connectivity index is 2.22. The van der Waals surface area contributed by atoms with E-state index in [1.54, 1.807) is 24.4 Å². The van der Waals surface area contributed by atoms with Gasteiger partial charge < -0.3 is 14.2 Å². The Morgan fingerprint density at radius 1 is 1.11 bits per heavy atom. The first-order valence-electron chi connectivity index (χ1n) is 8.63. The maximum atomic E-state index is 12.1. The molecular formula is C21H23NO5. The predicted molar refractivity (Wildman–Crippen MR) is 102 cm³/mol. The summed E-state index contributed by atoms with van der Waals surface area (Å²) in [5.74, 6) is -0.0488. The van der Waals surface area contributed by atoms with E-state index in [0.29, 0.717) is 24.5 Å². The van der Waals surface area contributed by atoms with Crippen LogP contribution in [0.2, 0.25) is 0 Å². The van der Waals surface area contributed by atoms with Crippen LogP contribution >= 0.6 is 0 Å². The molecule has 2 aromatic rings.